The minimum atomic E-state index is -3.37. The van der Waals surface area contributed by atoms with Gasteiger partial charge in [-0.1, -0.05) is 32.0 Å². The Morgan fingerprint density at radius 1 is 1.37 bits per heavy atom. The van der Waals surface area contributed by atoms with E-state index in [-0.39, 0.29) is 16.6 Å². The lowest BCUT2D eigenvalue weighted by Crippen LogP contribution is -2.40. The average Bonchev–Trinajstić information content (AvgIpc) is 2.61. The Bertz CT molecular complexity index is 618. The van der Waals surface area contributed by atoms with Crippen LogP contribution in [0.3, 0.4) is 0 Å². The lowest BCUT2D eigenvalue weighted by molar-refractivity contribution is -0.152. The molecule has 2 atom stereocenters. The molecule has 0 amide bonds. The topological polar surface area (TPSA) is 71.4 Å². The number of carboxylic acid groups (broad SMARTS) is 1. The Balaban J connectivity index is 2.64. The zero-order valence-electron chi connectivity index (χ0n) is 11.3. The molecule has 0 saturated heterocycles. The molecule has 0 saturated carbocycles. The monoisotopic (exact) mass is 282 g/mol. The highest BCUT2D eigenvalue weighted by Crippen LogP contribution is 2.49. The Hall–Kier alpha value is -1.36. The first-order chi connectivity index (χ1) is 8.71. The van der Waals surface area contributed by atoms with Gasteiger partial charge in [0.15, 0.2) is 9.84 Å². The third kappa shape index (κ3) is 1.96. The number of carbonyl (C=O) groups is 1. The summed E-state index contributed by atoms with van der Waals surface area (Å²) in [6.07, 6.45) is 0. The van der Waals surface area contributed by atoms with Crippen LogP contribution in [-0.4, -0.2) is 25.2 Å². The largest absolute Gasteiger partial charge is 0.481 e. The first-order valence-corrected chi connectivity index (χ1v) is 7.91. The van der Waals surface area contributed by atoms with Crippen LogP contribution in [0.4, 0.5) is 0 Å². The Kier molecular flexibility index (Phi) is 3.21. The molecule has 1 aromatic rings. The van der Waals surface area contributed by atoms with Gasteiger partial charge in [-0.05, 0) is 24.5 Å². The lowest BCUT2D eigenvalue weighted by atomic mass is 9.67. The number of sulfone groups is 1. The summed E-state index contributed by atoms with van der Waals surface area (Å²) in [4.78, 5) is 12.0. The Labute approximate surface area is 113 Å². The fourth-order valence-electron chi connectivity index (χ4n) is 2.75. The molecule has 19 heavy (non-hydrogen) atoms. The number of carboxylic acids is 1. The first-order valence-electron chi connectivity index (χ1n) is 6.26. The van der Waals surface area contributed by atoms with E-state index in [1.165, 1.54) is 0 Å². The Morgan fingerprint density at radius 3 is 2.47 bits per heavy atom. The van der Waals surface area contributed by atoms with Crippen molar-refractivity contribution in [2.75, 3.05) is 5.75 Å². The number of rotatable bonds is 3. The summed E-state index contributed by atoms with van der Waals surface area (Å²) in [5.41, 5.74) is -0.444. The smallest absolute Gasteiger partial charge is 0.310 e. The molecule has 0 aromatic heterocycles. The minimum absolute atomic E-state index is 0.118. The van der Waals surface area contributed by atoms with Crippen LogP contribution in [0.2, 0.25) is 0 Å². The molecule has 1 aliphatic heterocycles. The third-order valence-electron chi connectivity index (χ3n) is 4.40. The normalized spacial score (nSPS) is 23.9. The van der Waals surface area contributed by atoms with Crippen LogP contribution in [0.15, 0.2) is 29.2 Å². The quantitative estimate of drug-likeness (QED) is 0.923. The van der Waals surface area contributed by atoms with Crippen LogP contribution in [0.1, 0.15) is 32.3 Å². The van der Waals surface area contributed by atoms with Crippen molar-refractivity contribution in [3.8, 4) is 0 Å². The molecular formula is C14H18O4S. The molecule has 1 heterocycles. The standard InChI is InChI=1S/C14H18O4S/c1-9(2)14(3,13(15)16)11-8-19(17,18)12-7-5-4-6-10(11)12/h4-7,9,11H,8H2,1-3H3,(H,15,16). The molecule has 0 bridgehead atoms. The average molecular weight is 282 g/mol. The summed E-state index contributed by atoms with van der Waals surface area (Å²) in [7, 11) is -3.37. The zero-order valence-corrected chi connectivity index (χ0v) is 12.1. The number of benzene rings is 1. The molecule has 1 aliphatic rings. The van der Waals surface area contributed by atoms with Gasteiger partial charge < -0.3 is 5.11 Å². The summed E-state index contributed by atoms with van der Waals surface area (Å²) in [5, 5.41) is 9.56. The van der Waals surface area contributed by atoms with Crippen molar-refractivity contribution >= 4 is 15.8 Å². The van der Waals surface area contributed by atoms with Crippen LogP contribution >= 0.6 is 0 Å². The molecule has 0 spiro atoms. The third-order valence-corrected chi connectivity index (χ3v) is 6.21. The summed E-state index contributed by atoms with van der Waals surface area (Å²) >= 11 is 0. The van der Waals surface area contributed by atoms with Gasteiger partial charge in [-0.15, -0.1) is 0 Å². The second-order valence-corrected chi connectivity index (χ2v) is 7.62. The van der Waals surface area contributed by atoms with Crippen molar-refractivity contribution in [1.29, 1.82) is 0 Å². The fraction of sp³-hybridized carbons (Fsp3) is 0.500. The first kappa shape index (κ1) is 14.1. The van der Waals surface area contributed by atoms with Gasteiger partial charge in [0, 0.05) is 5.92 Å². The van der Waals surface area contributed by atoms with Crippen molar-refractivity contribution in [2.24, 2.45) is 11.3 Å². The maximum atomic E-state index is 12.2. The molecule has 1 N–H and O–H groups in total. The molecule has 0 aliphatic carbocycles. The zero-order chi connectivity index (χ0) is 14.4. The summed E-state index contributed by atoms with van der Waals surface area (Å²) < 4.78 is 24.3. The van der Waals surface area contributed by atoms with Gasteiger partial charge in [0.25, 0.3) is 0 Å². The predicted octanol–water partition coefficient (Wildman–Crippen LogP) is 2.30. The van der Waals surface area contributed by atoms with Crippen molar-refractivity contribution in [1.82, 2.24) is 0 Å². The highest BCUT2D eigenvalue weighted by Gasteiger charge is 2.51. The number of hydrogen-bond acceptors (Lipinski definition) is 3. The minimum Gasteiger partial charge on any atom is -0.481 e. The van der Waals surface area contributed by atoms with E-state index < -0.39 is 27.1 Å². The van der Waals surface area contributed by atoms with E-state index in [9.17, 15) is 18.3 Å². The molecular weight excluding hydrogens is 264 g/mol. The second-order valence-electron chi connectivity index (χ2n) is 5.61. The molecule has 0 fully saturated rings. The van der Waals surface area contributed by atoms with E-state index in [0.29, 0.717) is 5.56 Å². The van der Waals surface area contributed by atoms with Gasteiger partial charge in [-0.3, -0.25) is 4.79 Å². The SMILES string of the molecule is CC(C)C(C)(C(=O)O)C1CS(=O)(=O)c2ccccc21. The fourth-order valence-corrected chi connectivity index (χ4v) is 4.74. The van der Waals surface area contributed by atoms with E-state index in [1.807, 2.05) is 13.8 Å². The van der Waals surface area contributed by atoms with Crippen molar-refractivity contribution in [3.05, 3.63) is 29.8 Å². The molecule has 104 valence electrons. The second kappa shape index (κ2) is 4.34. The highest BCUT2D eigenvalue weighted by molar-refractivity contribution is 7.91. The Morgan fingerprint density at radius 2 is 1.95 bits per heavy atom. The summed E-state index contributed by atoms with van der Waals surface area (Å²) in [5.74, 6) is -1.71. The van der Waals surface area contributed by atoms with E-state index >= 15 is 0 Å². The maximum absolute atomic E-state index is 12.2. The van der Waals surface area contributed by atoms with E-state index in [2.05, 4.69) is 0 Å². The van der Waals surface area contributed by atoms with E-state index in [0.717, 1.165) is 0 Å². The van der Waals surface area contributed by atoms with Crippen LogP contribution in [0.5, 0.6) is 0 Å². The predicted molar refractivity (Wildman–Crippen MR) is 71.8 cm³/mol. The van der Waals surface area contributed by atoms with Crippen LogP contribution < -0.4 is 0 Å². The van der Waals surface area contributed by atoms with Gasteiger partial charge in [0.1, 0.15) is 0 Å². The van der Waals surface area contributed by atoms with Gasteiger partial charge >= 0.3 is 5.97 Å². The van der Waals surface area contributed by atoms with E-state index in [1.54, 1.807) is 31.2 Å². The number of aliphatic carboxylic acids is 1. The van der Waals surface area contributed by atoms with Gasteiger partial charge in [-0.2, -0.15) is 0 Å². The van der Waals surface area contributed by atoms with Gasteiger partial charge in [-0.25, -0.2) is 8.42 Å². The van der Waals surface area contributed by atoms with Crippen molar-refractivity contribution < 1.29 is 18.3 Å². The number of hydrogen-bond donors (Lipinski definition) is 1. The number of fused-ring (bicyclic) bond motifs is 1. The van der Waals surface area contributed by atoms with Crippen LogP contribution in [0, 0.1) is 11.3 Å². The summed E-state index contributed by atoms with van der Waals surface area (Å²) in [6, 6.07) is 6.73. The van der Waals surface area contributed by atoms with Crippen molar-refractivity contribution in [2.45, 2.75) is 31.6 Å². The van der Waals surface area contributed by atoms with Crippen LogP contribution in [-0.2, 0) is 14.6 Å². The molecule has 2 unspecified atom stereocenters. The van der Waals surface area contributed by atoms with E-state index in [4.69, 9.17) is 0 Å². The summed E-state index contributed by atoms with van der Waals surface area (Å²) in [6.45, 7) is 5.28. The highest BCUT2D eigenvalue weighted by atomic mass is 32.2. The maximum Gasteiger partial charge on any atom is 0.310 e. The van der Waals surface area contributed by atoms with Crippen LogP contribution in [0.25, 0.3) is 0 Å². The molecule has 2 rings (SSSR count). The molecule has 0 radical (unpaired) electrons. The van der Waals surface area contributed by atoms with Gasteiger partial charge in [0.05, 0.1) is 16.1 Å². The lowest BCUT2D eigenvalue weighted by Gasteiger charge is -2.35. The van der Waals surface area contributed by atoms with Crippen molar-refractivity contribution in [3.63, 3.8) is 0 Å². The molecule has 4 nitrogen and oxygen atoms in total. The molecule has 1 aromatic carbocycles. The van der Waals surface area contributed by atoms with Gasteiger partial charge in [0.2, 0.25) is 0 Å². The molecule has 5 heteroatoms.